The summed E-state index contributed by atoms with van der Waals surface area (Å²) in [6.45, 7) is 1.96. The average Bonchev–Trinajstić information content (AvgIpc) is 2.63. The summed E-state index contributed by atoms with van der Waals surface area (Å²) >= 11 is 0. The molecule has 4 nitrogen and oxygen atoms in total. The zero-order valence-corrected chi connectivity index (χ0v) is 9.80. The smallest absolute Gasteiger partial charge is 0.255 e. The van der Waals surface area contributed by atoms with Crippen molar-refractivity contribution in [3.05, 3.63) is 30.1 Å². The van der Waals surface area contributed by atoms with Crippen LogP contribution >= 0.6 is 0 Å². The molecule has 2 fully saturated rings. The number of hydrogen-bond acceptors (Lipinski definition) is 3. The number of hydrogen-bond donors (Lipinski definition) is 1. The Kier molecular flexibility index (Phi) is 2.81. The van der Waals surface area contributed by atoms with Gasteiger partial charge in [0.15, 0.2) is 0 Å². The van der Waals surface area contributed by atoms with Gasteiger partial charge in [0.25, 0.3) is 5.91 Å². The molecule has 0 aromatic carbocycles. The highest BCUT2D eigenvalue weighted by molar-refractivity contribution is 5.94. The Morgan fingerprint density at radius 1 is 1.35 bits per heavy atom. The molecule has 2 unspecified atom stereocenters. The van der Waals surface area contributed by atoms with E-state index in [4.69, 9.17) is 0 Å². The molecule has 17 heavy (non-hydrogen) atoms. The first-order valence-corrected chi connectivity index (χ1v) is 6.29. The van der Waals surface area contributed by atoms with Crippen molar-refractivity contribution in [1.82, 2.24) is 15.2 Å². The van der Waals surface area contributed by atoms with Gasteiger partial charge >= 0.3 is 0 Å². The van der Waals surface area contributed by atoms with Gasteiger partial charge in [-0.25, -0.2) is 0 Å². The van der Waals surface area contributed by atoms with Gasteiger partial charge in [0.05, 0.1) is 5.56 Å². The van der Waals surface area contributed by atoms with Crippen LogP contribution in [0, 0.1) is 0 Å². The zero-order chi connectivity index (χ0) is 11.7. The van der Waals surface area contributed by atoms with E-state index in [1.54, 1.807) is 12.4 Å². The fourth-order valence-corrected chi connectivity index (χ4v) is 2.95. The number of amides is 1. The number of nitrogens with one attached hydrogen (secondary N) is 1. The molecule has 90 valence electrons. The summed E-state index contributed by atoms with van der Waals surface area (Å²) in [5, 5.41) is 3.41. The fourth-order valence-electron chi connectivity index (χ4n) is 2.95. The van der Waals surface area contributed by atoms with Gasteiger partial charge in [-0.1, -0.05) is 0 Å². The Balaban J connectivity index is 1.86. The first kappa shape index (κ1) is 10.7. The lowest BCUT2D eigenvalue weighted by atomic mass is 10.1. The summed E-state index contributed by atoms with van der Waals surface area (Å²) in [6, 6.07) is 4.47. The quantitative estimate of drug-likeness (QED) is 0.785. The first-order valence-electron chi connectivity index (χ1n) is 6.29. The minimum atomic E-state index is 0.148. The van der Waals surface area contributed by atoms with Gasteiger partial charge < -0.3 is 10.2 Å². The van der Waals surface area contributed by atoms with Crippen LogP contribution in [0.15, 0.2) is 24.5 Å². The van der Waals surface area contributed by atoms with Crippen LogP contribution in [0.5, 0.6) is 0 Å². The number of aromatic nitrogens is 1. The van der Waals surface area contributed by atoms with E-state index in [1.165, 1.54) is 0 Å². The minimum Gasteiger partial charge on any atom is -0.331 e. The van der Waals surface area contributed by atoms with Crippen molar-refractivity contribution in [3.63, 3.8) is 0 Å². The van der Waals surface area contributed by atoms with Crippen molar-refractivity contribution >= 4 is 5.91 Å². The molecular formula is C13H17N3O. The lowest BCUT2D eigenvalue weighted by Crippen LogP contribution is -2.42. The summed E-state index contributed by atoms with van der Waals surface area (Å²) in [5.74, 6) is 0.148. The topological polar surface area (TPSA) is 45.2 Å². The molecule has 3 heterocycles. The van der Waals surface area contributed by atoms with E-state index in [-0.39, 0.29) is 5.91 Å². The van der Waals surface area contributed by atoms with Crippen LogP contribution in [0.2, 0.25) is 0 Å². The van der Waals surface area contributed by atoms with E-state index in [1.807, 2.05) is 12.1 Å². The predicted molar refractivity (Wildman–Crippen MR) is 64.7 cm³/mol. The van der Waals surface area contributed by atoms with E-state index in [9.17, 15) is 4.79 Å². The summed E-state index contributed by atoms with van der Waals surface area (Å²) < 4.78 is 0. The fraction of sp³-hybridized carbons (Fsp3) is 0.538. The van der Waals surface area contributed by atoms with Gasteiger partial charge in [0, 0.05) is 31.0 Å². The number of carbonyl (C=O) groups excluding carboxylic acids is 1. The first-order chi connectivity index (χ1) is 8.36. The number of rotatable bonds is 1. The van der Waals surface area contributed by atoms with Crippen LogP contribution in [0.3, 0.4) is 0 Å². The molecule has 2 saturated heterocycles. The number of fused-ring (bicyclic) bond motifs is 2. The largest absolute Gasteiger partial charge is 0.331 e. The van der Waals surface area contributed by atoms with Crippen LogP contribution in [-0.4, -0.2) is 41.0 Å². The third kappa shape index (κ3) is 1.93. The number of carbonyl (C=O) groups is 1. The van der Waals surface area contributed by atoms with Crippen molar-refractivity contribution in [2.24, 2.45) is 0 Å². The average molecular weight is 231 g/mol. The number of pyridine rings is 1. The summed E-state index contributed by atoms with van der Waals surface area (Å²) in [6.07, 6.45) is 6.72. The van der Waals surface area contributed by atoms with Crippen LogP contribution in [0.25, 0.3) is 0 Å². The summed E-state index contributed by atoms with van der Waals surface area (Å²) in [5.41, 5.74) is 0.714. The molecule has 2 bridgehead atoms. The van der Waals surface area contributed by atoms with Gasteiger partial charge in [0.2, 0.25) is 0 Å². The summed E-state index contributed by atoms with van der Waals surface area (Å²) in [4.78, 5) is 18.6. The Hall–Kier alpha value is -1.42. The maximum atomic E-state index is 12.5. The molecule has 3 rings (SSSR count). The van der Waals surface area contributed by atoms with Gasteiger partial charge in [0.1, 0.15) is 0 Å². The molecule has 1 N–H and O–H groups in total. The third-order valence-electron chi connectivity index (χ3n) is 3.80. The highest BCUT2D eigenvalue weighted by atomic mass is 16.2. The van der Waals surface area contributed by atoms with Crippen molar-refractivity contribution in [1.29, 1.82) is 0 Å². The normalized spacial score (nSPS) is 27.9. The predicted octanol–water partition coefficient (Wildman–Crippen LogP) is 1.05. The van der Waals surface area contributed by atoms with E-state index in [2.05, 4.69) is 15.2 Å². The van der Waals surface area contributed by atoms with Gasteiger partial charge in [-0.15, -0.1) is 0 Å². The highest BCUT2D eigenvalue weighted by Crippen LogP contribution is 2.29. The molecule has 0 saturated carbocycles. The second kappa shape index (κ2) is 4.45. The standard InChI is InChI=1S/C13H17N3O/c17-13(10-2-1-6-14-8-10)16-11-3-4-12(16)9-15-7-5-11/h1-2,6,8,11-12,15H,3-5,7,9H2. The molecular weight excluding hydrogens is 214 g/mol. The molecule has 0 spiro atoms. The molecule has 2 aliphatic rings. The minimum absolute atomic E-state index is 0.148. The second-order valence-corrected chi connectivity index (χ2v) is 4.83. The zero-order valence-electron chi connectivity index (χ0n) is 9.80. The number of nitrogens with zero attached hydrogens (tertiary/aromatic N) is 2. The van der Waals surface area contributed by atoms with E-state index in [0.717, 1.165) is 32.4 Å². The van der Waals surface area contributed by atoms with Gasteiger partial charge in [-0.3, -0.25) is 9.78 Å². The second-order valence-electron chi connectivity index (χ2n) is 4.83. The van der Waals surface area contributed by atoms with Crippen LogP contribution < -0.4 is 5.32 Å². The SMILES string of the molecule is O=C(c1cccnc1)N1C2CCNCC1CC2. The van der Waals surface area contributed by atoms with Crippen LogP contribution in [0.1, 0.15) is 29.6 Å². The molecule has 1 aromatic rings. The molecule has 2 aliphatic heterocycles. The molecule has 0 aliphatic carbocycles. The van der Waals surface area contributed by atoms with Crippen molar-refractivity contribution in [2.45, 2.75) is 31.3 Å². The van der Waals surface area contributed by atoms with Crippen molar-refractivity contribution in [2.75, 3.05) is 13.1 Å². The molecule has 1 aromatic heterocycles. The Morgan fingerprint density at radius 3 is 3.06 bits per heavy atom. The lowest BCUT2D eigenvalue weighted by molar-refractivity contribution is 0.0680. The van der Waals surface area contributed by atoms with Crippen molar-refractivity contribution in [3.8, 4) is 0 Å². The van der Waals surface area contributed by atoms with Crippen LogP contribution in [-0.2, 0) is 0 Å². The monoisotopic (exact) mass is 231 g/mol. The molecule has 1 amide bonds. The van der Waals surface area contributed by atoms with Crippen molar-refractivity contribution < 1.29 is 4.79 Å². The summed E-state index contributed by atoms with van der Waals surface area (Å²) in [7, 11) is 0. The molecule has 2 atom stereocenters. The van der Waals surface area contributed by atoms with E-state index in [0.29, 0.717) is 17.6 Å². The molecule has 0 radical (unpaired) electrons. The Morgan fingerprint density at radius 2 is 2.24 bits per heavy atom. The Bertz CT molecular complexity index is 392. The molecule has 4 heteroatoms. The third-order valence-corrected chi connectivity index (χ3v) is 3.80. The maximum absolute atomic E-state index is 12.5. The van der Waals surface area contributed by atoms with Gasteiger partial charge in [-0.05, 0) is 37.9 Å². The maximum Gasteiger partial charge on any atom is 0.255 e. The lowest BCUT2D eigenvalue weighted by Gasteiger charge is -2.27. The Labute approximate surface area is 101 Å². The van der Waals surface area contributed by atoms with Gasteiger partial charge in [-0.2, -0.15) is 0 Å². The van der Waals surface area contributed by atoms with E-state index >= 15 is 0 Å². The highest BCUT2D eigenvalue weighted by Gasteiger charge is 2.38. The van der Waals surface area contributed by atoms with Crippen LogP contribution in [0.4, 0.5) is 0 Å². The van der Waals surface area contributed by atoms with E-state index < -0.39 is 0 Å².